The summed E-state index contributed by atoms with van der Waals surface area (Å²) in [7, 11) is 0. The monoisotopic (exact) mass is 171 g/mol. The Bertz CT molecular complexity index is 140. The molecule has 1 saturated heterocycles. The molecular weight excluding hydrogens is 150 g/mol. The lowest BCUT2D eigenvalue weighted by molar-refractivity contribution is -0.0778. The van der Waals surface area contributed by atoms with Gasteiger partial charge in [-0.1, -0.05) is 0 Å². The zero-order chi connectivity index (χ0) is 9.35. The summed E-state index contributed by atoms with van der Waals surface area (Å²) in [4.78, 5) is 2.54. The minimum absolute atomic E-state index is 0.266. The van der Waals surface area contributed by atoms with E-state index in [2.05, 4.69) is 39.5 Å². The van der Waals surface area contributed by atoms with E-state index in [4.69, 9.17) is 4.74 Å². The van der Waals surface area contributed by atoms with Crippen molar-refractivity contribution in [1.29, 1.82) is 0 Å². The van der Waals surface area contributed by atoms with Gasteiger partial charge in [0.05, 0.1) is 13.2 Å². The van der Waals surface area contributed by atoms with Crippen molar-refractivity contribution in [1.82, 2.24) is 4.90 Å². The van der Waals surface area contributed by atoms with Crippen LogP contribution in [-0.2, 0) is 4.74 Å². The maximum atomic E-state index is 5.48. The van der Waals surface area contributed by atoms with Crippen LogP contribution in [0, 0.1) is 0 Å². The van der Waals surface area contributed by atoms with Crippen molar-refractivity contribution in [2.24, 2.45) is 0 Å². The molecule has 0 unspecified atom stereocenters. The molecule has 2 nitrogen and oxygen atoms in total. The Hall–Kier alpha value is -0.0800. The molecule has 1 fully saturated rings. The van der Waals surface area contributed by atoms with Crippen LogP contribution in [0.25, 0.3) is 0 Å². The molecule has 0 bridgehead atoms. The molecule has 0 aromatic carbocycles. The van der Waals surface area contributed by atoms with Crippen LogP contribution in [0.3, 0.4) is 0 Å². The lowest BCUT2D eigenvalue weighted by Crippen LogP contribution is -2.57. The van der Waals surface area contributed by atoms with Crippen LogP contribution in [0.5, 0.6) is 0 Å². The van der Waals surface area contributed by atoms with Crippen LogP contribution in [-0.4, -0.2) is 35.7 Å². The van der Waals surface area contributed by atoms with Crippen LogP contribution < -0.4 is 0 Å². The van der Waals surface area contributed by atoms with E-state index in [-0.39, 0.29) is 5.54 Å². The van der Waals surface area contributed by atoms with E-state index in [1.807, 2.05) is 0 Å². The minimum atomic E-state index is 0.266. The Morgan fingerprint density at radius 3 is 1.75 bits per heavy atom. The van der Waals surface area contributed by atoms with Crippen LogP contribution in [0.15, 0.2) is 0 Å². The third-order valence-electron chi connectivity index (χ3n) is 2.44. The van der Waals surface area contributed by atoms with Gasteiger partial charge in [0.25, 0.3) is 0 Å². The van der Waals surface area contributed by atoms with Crippen LogP contribution >= 0.6 is 0 Å². The number of morpholine rings is 1. The van der Waals surface area contributed by atoms with E-state index in [1.54, 1.807) is 0 Å². The molecule has 0 radical (unpaired) electrons. The molecule has 0 aromatic rings. The summed E-state index contributed by atoms with van der Waals surface area (Å²) in [5, 5.41) is 0. The molecule has 0 aromatic heterocycles. The molecule has 0 saturated carbocycles. The van der Waals surface area contributed by atoms with E-state index in [9.17, 15) is 0 Å². The van der Waals surface area contributed by atoms with E-state index in [0.717, 1.165) is 13.2 Å². The van der Waals surface area contributed by atoms with Gasteiger partial charge in [0.15, 0.2) is 0 Å². The maximum Gasteiger partial charge on any atom is 0.0620 e. The van der Waals surface area contributed by atoms with Gasteiger partial charge in [-0.15, -0.1) is 0 Å². The highest BCUT2D eigenvalue weighted by Crippen LogP contribution is 2.23. The zero-order valence-corrected chi connectivity index (χ0v) is 8.92. The van der Waals surface area contributed by atoms with Crippen molar-refractivity contribution < 1.29 is 4.74 Å². The molecule has 12 heavy (non-hydrogen) atoms. The van der Waals surface area contributed by atoms with E-state index in [0.29, 0.717) is 12.1 Å². The van der Waals surface area contributed by atoms with Gasteiger partial charge in [-0.05, 0) is 34.6 Å². The summed E-state index contributed by atoms with van der Waals surface area (Å²) in [6.07, 6.45) is 0. The first-order valence-electron chi connectivity index (χ1n) is 4.79. The molecule has 2 heteroatoms. The summed E-state index contributed by atoms with van der Waals surface area (Å²) >= 11 is 0. The fraction of sp³-hybridized carbons (Fsp3) is 1.00. The maximum absolute atomic E-state index is 5.48. The summed E-state index contributed by atoms with van der Waals surface area (Å²) in [6, 6.07) is 1.10. The van der Waals surface area contributed by atoms with Gasteiger partial charge in [0.1, 0.15) is 0 Å². The van der Waals surface area contributed by atoms with Gasteiger partial charge in [-0.25, -0.2) is 0 Å². The topological polar surface area (TPSA) is 12.5 Å². The normalized spacial score (nSPS) is 33.8. The molecule has 0 spiro atoms. The van der Waals surface area contributed by atoms with Crippen LogP contribution in [0.1, 0.15) is 34.6 Å². The van der Waals surface area contributed by atoms with Crippen molar-refractivity contribution in [3.8, 4) is 0 Å². The third-order valence-corrected chi connectivity index (χ3v) is 2.44. The predicted molar refractivity (Wildman–Crippen MR) is 51.3 cm³/mol. The van der Waals surface area contributed by atoms with Crippen molar-refractivity contribution in [2.75, 3.05) is 13.2 Å². The van der Waals surface area contributed by atoms with E-state index < -0.39 is 0 Å². The van der Waals surface area contributed by atoms with Gasteiger partial charge in [0, 0.05) is 17.6 Å². The van der Waals surface area contributed by atoms with Crippen molar-refractivity contribution in [3.63, 3.8) is 0 Å². The van der Waals surface area contributed by atoms with Crippen molar-refractivity contribution >= 4 is 0 Å². The van der Waals surface area contributed by atoms with Gasteiger partial charge in [-0.2, -0.15) is 0 Å². The number of hydrogen-bond acceptors (Lipinski definition) is 2. The minimum Gasteiger partial charge on any atom is -0.378 e. The molecule has 72 valence electrons. The van der Waals surface area contributed by atoms with Crippen LogP contribution in [0.2, 0.25) is 0 Å². The highest BCUT2D eigenvalue weighted by molar-refractivity contribution is 4.87. The molecular formula is C10H21NO. The zero-order valence-electron chi connectivity index (χ0n) is 8.92. The number of hydrogen-bond donors (Lipinski definition) is 0. The summed E-state index contributed by atoms with van der Waals surface area (Å²) in [6.45, 7) is 13.0. The van der Waals surface area contributed by atoms with E-state index >= 15 is 0 Å². The molecule has 1 rings (SSSR count). The lowest BCUT2D eigenvalue weighted by atomic mass is 9.99. The Kier molecular flexibility index (Phi) is 2.79. The Morgan fingerprint density at radius 2 is 1.50 bits per heavy atom. The average molecular weight is 171 g/mol. The van der Waals surface area contributed by atoms with Gasteiger partial charge in [0.2, 0.25) is 0 Å². The van der Waals surface area contributed by atoms with Crippen molar-refractivity contribution in [2.45, 2.75) is 52.2 Å². The molecule has 1 aliphatic rings. The average Bonchev–Trinajstić information content (AvgIpc) is 1.82. The number of rotatable bonds is 0. The van der Waals surface area contributed by atoms with Gasteiger partial charge in [-0.3, -0.25) is 4.90 Å². The van der Waals surface area contributed by atoms with Crippen LogP contribution in [0.4, 0.5) is 0 Å². The fourth-order valence-electron chi connectivity index (χ4n) is 2.33. The fourth-order valence-corrected chi connectivity index (χ4v) is 2.33. The number of ether oxygens (including phenoxy) is 1. The quantitative estimate of drug-likeness (QED) is 0.552. The largest absolute Gasteiger partial charge is 0.378 e. The summed E-state index contributed by atoms with van der Waals surface area (Å²) < 4.78 is 5.48. The van der Waals surface area contributed by atoms with Gasteiger partial charge >= 0.3 is 0 Å². The molecule has 2 atom stereocenters. The SMILES string of the molecule is C[C@@H]1COC[C@H](C)N1C(C)(C)C. The molecule has 0 N–H and O–H groups in total. The standard InChI is InChI=1S/C10H21NO/c1-8-6-12-7-9(2)11(8)10(3,4)5/h8-9H,6-7H2,1-5H3/t8-,9+. The Balaban J connectivity index is 2.69. The molecule has 1 heterocycles. The first-order valence-corrected chi connectivity index (χ1v) is 4.79. The smallest absolute Gasteiger partial charge is 0.0620 e. The van der Waals surface area contributed by atoms with Gasteiger partial charge < -0.3 is 4.74 Å². The molecule has 1 aliphatic heterocycles. The Labute approximate surface area is 75.9 Å². The first kappa shape index (κ1) is 10.0. The highest BCUT2D eigenvalue weighted by Gasteiger charge is 2.33. The first-order chi connectivity index (χ1) is 5.43. The van der Waals surface area contributed by atoms with E-state index in [1.165, 1.54) is 0 Å². The summed E-state index contributed by atoms with van der Waals surface area (Å²) in [5.74, 6) is 0. The second-order valence-corrected chi connectivity index (χ2v) is 4.81. The second-order valence-electron chi connectivity index (χ2n) is 4.81. The number of nitrogens with zero attached hydrogens (tertiary/aromatic N) is 1. The molecule has 0 amide bonds. The Morgan fingerprint density at radius 1 is 1.08 bits per heavy atom. The van der Waals surface area contributed by atoms with Crippen molar-refractivity contribution in [3.05, 3.63) is 0 Å². The lowest BCUT2D eigenvalue weighted by Gasteiger charge is -2.47. The molecule has 0 aliphatic carbocycles. The third kappa shape index (κ3) is 1.99. The highest BCUT2D eigenvalue weighted by atomic mass is 16.5. The summed E-state index contributed by atoms with van der Waals surface area (Å²) in [5.41, 5.74) is 0.266. The predicted octanol–water partition coefficient (Wildman–Crippen LogP) is 1.89. The second kappa shape index (κ2) is 3.35.